The highest BCUT2D eigenvalue weighted by molar-refractivity contribution is 6.05. The van der Waals surface area contributed by atoms with Crippen LogP contribution < -0.4 is 10.2 Å². The van der Waals surface area contributed by atoms with Crippen LogP contribution >= 0.6 is 0 Å². The summed E-state index contributed by atoms with van der Waals surface area (Å²) in [6.07, 6.45) is 3.36. The van der Waals surface area contributed by atoms with E-state index in [1.807, 2.05) is 36.4 Å². The first-order valence-corrected chi connectivity index (χ1v) is 9.49. The predicted octanol–water partition coefficient (Wildman–Crippen LogP) is 3.13. The van der Waals surface area contributed by atoms with Crippen molar-refractivity contribution in [3.63, 3.8) is 0 Å². The fraction of sp³-hybridized carbons (Fsp3) is 0.286. The number of nitrogens with one attached hydrogen (secondary N) is 1. The molecule has 1 fully saturated rings. The molecule has 1 aromatic carbocycles. The second-order valence-electron chi connectivity index (χ2n) is 6.71. The Bertz CT molecular complexity index is 933. The molecule has 7 nitrogen and oxygen atoms in total. The third-order valence-corrected chi connectivity index (χ3v) is 5.00. The number of piperazine rings is 1. The van der Waals surface area contributed by atoms with Crippen molar-refractivity contribution in [2.24, 2.45) is 0 Å². The minimum absolute atomic E-state index is 0.240. The van der Waals surface area contributed by atoms with E-state index in [1.165, 1.54) is 0 Å². The van der Waals surface area contributed by atoms with Gasteiger partial charge in [-0.15, -0.1) is 0 Å². The van der Waals surface area contributed by atoms with E-state index in [9.17, 15) is 4.79 Å². The van der Waals surface area contributed by atoms with Gasteiger partial charge in [0.2, 0.25) is 0 Å². The average Bonchev–Trinajstić information content (AvgIpc) is 3.25. The van der Waals surface area contributed by atoms with Gasteiger partial charge in [-0.25, -0.2) is 0 Å². The first kappa shape index (κ1) is 18.2. The van der Waals surface area contributed by atoms with Gasteiger partial charge in [0.05, 0.1) is 11.4 Å². The number of nitrogens with zero attached hydrogens (tertiary/aromatic N) is 4. The first-order valence-electron chi connectivity index (χ1n) is 9.49. The maximum Gasteiger partial charge on any atom is 0.277 e. The summed E-state index contributed by atoms with van der Waals surface area (Å²) in [6.45, 7) is 7.18. The molecule has 0 radical (unpaired) electrons. The third-order valence-electron chi connectivity index (χ3n) is 5.00. The molecule has 1 aliphatic rings. The number of benzene rings is 1. The molecule has 7 heteroatoms. The minimum atomic E-state index is -0.293. The lowest BCUT2D eigenvalue weighted by Crippen LogP contribution is -2.46. The Morgan fingerprint density at radius 1 is 1.14 bits per heavy atom. The van der Waals surface area contributed by atoms with Crippen LogP contribution in [0.3, 0.4) is 0 Å². The monoisotopic (exact) mass is 377 g/mol. The summed E-state index contributed by atoms with van der Waals surface area (Å²) < 4.78 is 5.31. The van der Waals surface area contributed by atoms with E-state index in [4.69, 9.17) is 4.52 Å². The lowest BCUT2D eigenvalue weighted by molar-refractivity contribution is 0.101. The van der Waals surface area contributed by atoms with Crippen molar-refractivity contribution in [2.45, 2.75) is 6.92 Å². The van der Waals surface area contributed by atoms with E-state index in [-0.39, 0.29) is 11.6 Å². The Morgan fingerprint density at radius 2 is 1.96 bits per heavy atom. The lowest BCUT2D eigenvalue weighted by atomic mass is 10.2. The van der Waals surface area contributed by atoms with Gasteiger partial charge in [-0.2, -0.15) is 0 Å². The van der Waals surface area contributed by atoms with Crippen molar-refractivity contribution in [1.82, 2.24) is 15.0 Å². The summed E-state index contributed by atoms with van der Waals surface area (Å²) in [5, 5.41) is 6.90. The van der Waals surface area contributed by atoms with Crippen molar-refractivity contribution < 1.29 is 9.32 Å². The van der Waals surface area contributed by atoms with E-state index in [2.05, 4.69) is 32.2 Å². The zero-order chi connectivity index (χ0) is 19.3. The number of amides is 1. The maximum absolute atomic E-state index is 12.7. The summed E-state index contributed by atoms with van der Waals surface area (Å²) in [5.41, 5.74) is 2.83. The molecule has 0 saturated carbocycles. The van der Waals surface area contributed by atoms with Gasteiger partial charge >= 0.3 is 0 Å². The maximum atomic E-state index is 12.7. The fourth-order valence-electron chi connectivity index (χ4n) is 3.37. The molecule has 28 heavy (non-hydrogen) atoms. The van der Waals surface area contributed by atoms with Crippen LogP contribution in [0.1, 0.15) is 17.4 Å². The highest BCUT2D eigenvalue weighted by Gasteiger charge is 2.20. The van der Waals surface area contributed by atoms with Gasteiger partial charge in [0, 0.05) is 50.2 Å². The van der Waals surface area contributed by atoms with Crippen LogP contribution in [0.15, 0.2) is 59.4 Å². The van der Waals surface area contributed by atoms with Crippen LogP contribution in [0.2, 0.25) is 0 Å². The molecule has 1 amide bonds. The Balaban J connectivity index is 1.49. The van der Waals surface area contributed by atoms with Crippen molar-refractivity contribution >= 4 is 17.3 Å². The molecular weight excluding hydrogens is 354 g/mol. The second kappa shape index (κ2) is 8.22. The van der Waals surface area contributed by atoms with Crippen molar-refractivity contribution in [1.29, 1.82) is 0 Å². The van der Waals surface area contributed by atoms with Crippen LogP contribution in [-0.4, -0.2) is 53.7 Å². The topological polar surface area (TPSA) is 74.5 Å². The molecule has 0 aliphatic carbocycles. The quantitative estimate of drug-likeness (QED) is 0.736. The molecule has 0 atom stereocenters. The number of pyridine rings is 1. The zero-order valence-electron chi connectivity index (χ0n) is 15.8. The minimum Gasteiger partial charge on any atom is -0.367 e. The molecule has 0 spiro atoms. The summed E-state index contributed by atoms with van der Waals surface area (Å²) in [5.74, 6) is 0.223. The van der Waals surface area contributed by atoms with Gasteiger partial charge in [-0.05, 0) is 30.8 Å². The standard InChI is InChI=1S/C21H23N5O2/c1-2-25-10-12-26(13-11-25)19-8-4-3-7-17(19)23-21(27)18-14-20(28-24-18)16-6-5-9-22-15-16/h3-9,14-15H,2,10-13H2,1H3,(H,23,27). The normalized spacial score (nSPS) is 14.8. The third kappa shape index (κ3) is 3.89. The number of anilines is 2. The van der Waals surface area contributed by atoms with Crippen LogP contribution in [0.5, 0.6) is 0 Å². The predicted molar refractivity (Wildman–Crippen MR) is 108 cm³/mol. The number of carbonyl (C=O) groups excluding carboxylic acids is 1. The molecule has 4 rings (SSSR count). The largest absolute Gasteiger partial charge is 0.367 e. The summed E-state index contributed by atoms with van der Waals surface area (Å²) in [7, 11) is 0. The number of hydrogen-bond acceptors (Lipinski definition) is 6. The summed E-state index contributed by atoms with van der Waals surface area (Å²) in [4.78, 5) is 21.5. The van der Waals surface area contributed by atoms with Gasteiger partial charge in [0.15, 0.2) is 11.5 Å². The Kier molecular flexibility index (Phi) is 5.34. The number of aromatic nitrogens is 2. The highest BCUT2D eigenvalue weighted by Crippen LogP contribution is 2.27. The van der Waals surface area contributed by atoms with Crippen molar-refractivity contribution in [2.75, 3.05) is 42.9 Å². The van der Waals surface area contributed by atoms with Gasteiger partial charge < -0.3 is 19.6 Å². The van der Waals surface area contributed by atoms with E-state index in [0.717, 1.165) is 49.7 Å². The van der Waals surface area contributed by atoms with Gasteiger partial charge in [-0.3, -0.25) is 9.78 Å². The molecule has 144 valence electrons. The van der Waals surface area contributed by atoms with Crippen LogP contribution in [0.4, 0.5) is 11.4 Å². The van der Waals surface area contributed by atoms with Gasteiger partial charge in [0.1, 0.15) is 0 Å². The molecule has 0 unspecified atom stereocenters. The molecular formula is C21H23N5O2. The molecule has 3 heterocycles. The number of likely N-dealkylation sites (N-methyl/N-ethyl adjacent to an activating group) is 1. The molecule has 1 N–H and O–H groups in total. The Labute approximate surface area is 164 Å². The number of carbonyl (C=O) groups is 1. The molecule has 2 aromatic heterocycles. The molecule has 0 bridgehead atoms. The smallest absolute Gasteiger partial charge is 0.277 e. The van der Waals surface area contributed by atoms with E-state index in [0.29, 0.717) is 5.76 Å². The number of rotatable bonds is 5. The lowest BCUT2D eigenvalue weighted by Gasteiger charge is -2.36. The van der Waals surface area contributed by atoms with Crippen LogP contribution in [0.25, 0.3) is 11.3 Å². The number of hydrogen-bond donors (Lipinski definition) is 1. The second-order valence-corrected chi connectivity index (χ2v) is 6.71. The SMILES string of the molecule is CCN1CCN(c2ccccc2NC(=O)c2cc(-c3cccnc3)on2)CC1. The summed E-state index contributed by atoms with van der Waals surface area (Å²) in [6, 6.07) is 13.2. The molecule has 3 aromatic rings. The zero-order valence-corrected chi connectivity index (χ0v) is 15.8. The average molecular weight is 377 g/mol. The van der Waals surface area contributed by atoms with Gasteiger partial charge in [0.25, 0.3) is 5.91 Å². The van der Waals surface area contributed by atoms with E-state index < -0.39 is 0 Å². The molecule has 1 saturated heterocycles. The summed E-state index contributed by atoms with van der Waals surface area (Å²) >= 11 is 0. The Morgan fingerprint density at radius 3 is 2.71 bits per heavy atom. The van der Waals surface area contributed by atoms with Crippen LogP contribution in [0, 0.1) is 0 Å². The Hall–Kier alpha value is -3.19. The van der Waals surface area contributed by atoms with E-state index >= 15 is 0 Å². The van der Waals surface area contributed by atoms with Crippen molar-refractivity contribution in [3.05, 3.63) is 60.6 Å². The van der Waals surface area contributed by atoms with Crippen LogP contribution in [-0.2, 0) is 0 Å². The highest BCUT2D eigenvalue weighted by atomic mass is 16.5. The van der Waals surface area contributed by atoms with Gasteiger partial charge in [-0.1, -0.05) is 24.2 Å². The van der Waals surface area contributed by atoms with Crippen molar-refractivity contribution in [3.8, 4) is 11.3 Å². The van der Waals surface area contributed by atoms with E-state index in [1.54, 1.807) is 18.5 Å². The number of para-hydroxylation sites is 2. The molecule has 1 aliphatic heterocycles. The first-order chi connectivity index (χ1) is 13.7. The fourth-order valence-corrected chi connectivity index (χ4v) is 3.37.